The summed E-state index contributed by atoms with van der Waals surface area (Å²) in [7, 11) is 0. The SMILES string of the molecule is O=C1c2cc(I)ccc2-n2c1nc1c(Cl)ccc(Cl)c1c2=O. The van der Waals surface area contributed by atoms with Crippen LogP contribution in [0.5, 0.6) is 0 Å². The van der Waals surface area contributed by atoms with Crippen LogP contribution in [0.15, 0.2) is 35.1 Å². The molecule has 7 heteroatoms. The largest absolute Gasteiger partial charge is 0.285 e. The summed E-state index contributed by atoms with van der Waals surface area (Å²) >= 11 is 14.3. The van der Waals surface area contributed by atoms with Crippen molar-refractivity contribution in [3.63, 3.8) is 0 Å². The number of nitrogens with zero attached hydrogens (tertiary/aromatic N) is 2. The van der Waals surface area contributed by atoms with Gasteiger partial charge in [0.15, 0.2) is 5.82 Å². The van der Waals surface area contributed by atoms with Gasteiger partial charge in [-0.05, 0) is 52.9 Å². The molecule has 0 aliphatic carbocycles. The Hall–Kier alpha value is -1.44. The molecule has 4 nitrogen and oxygen atoms in total. The monoisotopic (exact) mass is 442 g/mol. The maximum absolute atomic E-state index is 12.8. The van der Waals surface area contributed by atoms with Crippen LogP contribution in [0.1, 0.15) is 16.2 Å². The van der Waals surface area contributed by atoms with Gasteiger partial charge in [-0.1, -0.05) is 23.2 Å². The molecule has 0 unspecified atom stereocenters. The van der Waals surface area contributed by atoms with Gasteiger partial charge in [-0.3, -0.25) is 14.2 Å². The Kier molecular flexibility index (Phi) is 3.08. The minimum atomic E-state index is -0.388. The van der Waals surface area contributed by atoms with Crippen LogP contribution in [-0.2, 0) is 0 Å². The zero-order chi connectivity index (χ0) is 15.6. The van der Waals surface area contributed by atoms with Crippen molar-refractivity contribution in [3.8, 4) is 5.69 Å². The Labute approximate surface area is 147 Å². The van der Waals surface area contributed by atoms with Crippen molar-refractivity contribution in [1.82, 2.24) is 9.55 Å². The number of ketones is 1. The van der Waals surface area contributed by atoms with E-state index in [9.17, 15) is 9.59 Å². The zero-order valence-electron chi connectivity index (χ0n) is 10.7. The molecule has 0 fully saturated rings. The number of aromatic nitrogens is 2. The lowest BCUT2D eigenvalue weighted by Crippen LogP contribution is -2.21. The third-order valence-electron chi connectivity index (χ3n) is 3.57. The molecule has 0 amide bonds. The number of benzene rings is 2. The Morgan fingerprint density at radius 3 is 2.55 bits per heavy atom. The molecule has 0 radical (unpaired) electrons. The fraction of sp³-hybridized carbons (Fsp3) is 0. The molecule has 0 saturated carbocycles. The Bertz CT molecular complexity index is 1060. The van der Waals surface area contributed by atoms with E-state index in [1.54, 1.807) is 24.3 Å². The highest BCUT2D eigenvalue weighted by Crippen LogP contribution is 2.31. The lowest BCUT2D eigenvalue weighted by atomic mass is 10.1. The Morgan fingerprint density at radius 1 is 1.05 bits per heavy atom. The first kappa shape index (κ1) is 14.2. The Morgan fingerprint density at radius 2 is 1.77 bits per heavy atom. The quantitative estimate of drug-likeness (QED) is 0.389. The van der Waals surface area contributed by atoms with Crippen molar-refractivity contribution < 1.29 is 4.79 Å². The van der Waals surface area contributed by atoms with Gasteiger partial charge in [0.25, 0.3) is 5.56 Å². The zero-order valence-corrected chi connectivity index (χ0v) is 14.4. The van der Waals surface area contributed by atoms with Gasteiger partial charge in [-0.25, -0.2) is 4.98 Å². The first-order valence-electron chi connectivity index (χ1n) is 6.24. The maximum atomic E-state index is 12.8. The van der Waals surface area contributed by atoms with E-state index in [2.05, 4.69) is 27.6 Å². The van der Waals surface area contributed by atoms with Gasteiger partial charge >= 0.3 is 0 Å². The maximum Gasteiger partial charge on any atom is 0.267 e. The van der Waals surface area contributed by atoms with Crippen molar-refractivity contribution in [2.75, 3.05) is 0 Å². The van der Waals surface area contributed by atoms with Crippen LogP contribution < -0.4 is 5.56 Å². The molecule has 0 bridgehead atoms. The van der Waals surface area contributed by atoms with E-state index in [1.165, 1.54) is 4.57 Å². The van der Waals surface area contributed by atoms with Gasteiger partial charge in [0, 0.05) is 3.57 Å². The summed E-state index contributed by atoms with van der Waals surface area (Å²) in [5.41, 5.74) is 0.844. The summed E-state index contributed by atoms with van der Waals surface area (Å²) in [6, 6.07) is 8.41. The number of carbonyl (C=O) groups excluding carboxylic acids is 1. The van der Waals surface area contributed by atoms with E-state index in [4.69, 9.17) is 23.2 Å². The summed E-state index contributed by atoms with van der Waals surface area (Å²) in [6.07, 6.45) is 0. The Balaban J connectivity index is 2.23. The average Bonchev–Trinajstić information content (AvgIpc) is 2.76. The van der Waals surface area contributed by atoms with Crippen molar-refractivity contribution >= 4 is 62.5 Å². The third kappa shape index (κ3) is 1.79. The molecule has 108 valence electrons. The van der Waals surface area contributed by atoms with Crippen LogP contribution >= 0.6 is 45.8 Å². The van der Waals surface area contributed by atoms with Crippen LogP contribution in [0, 0.1) is 3.57 Å². The molecular weight excluding hydrogens is 438 g/mol. The highest BCUT2D eigenvalue weighted by Gasteiger charge is 2.31. The normalized spacial score (nSPS) is 12.6. The first-order chi connectivity index (χ1) is 10.5. The highest BCUT2D eigenvalue weighted by molar-refractivity contribution is 14.1. The van der Waals surface area contributed by atoms with E-state index in [0.29, 0.717) is 16.3 Å². The highest BCUT2D eigenvalue weighted by atomic mass is 127. The van der Waals surface area contributed by atoms with E-state index >= 15 is 0 Å². The van der Waals surface area contributed by atoms with Gasteiger partial charge in [-0.2, -0.15) is 0 Å². The molecule has 2 heterocycles. The molecule has 22 heavy (non-hydrogen) atoms. The summed E-state index contributed by atoms with van der Waals surface area (Å²) in [5.74, 6) is -0.220. The van der Waals surface area contributed by atoms with Gasteiger partial charge in [-0.15, -0.1) is 0 Å². The first-order valence-corrected chi connectivity index (χ1v) is 8.08. The second-order valence-corrected chi connectivity index (χ2v) is 6.88. The molecule has 2 aromatic carbocycles. The van der Waals surface area contributed by atoms with Crippen LogP contribution in [0.3, 0.4) is 0 Å². The molecule has 0 saturated heterocycles. The average molecular weight is 443 g/mol. The number of rotatable bonds is 0. The molecule has 3 aromatic rings. The lowest BCUT2D eigenvalue weighted by molar-refractivity contribution is 0.103. The van der Waals surface area contributed by atoms with Crippen molar-refractivity contribution in [3.05, 3.63) is 65.7 Å². The minimum absolute atomic E-state index is 0.0682. The number of hydrogen-bond donors (Lipinski definition) is 0. The molecule has 0 spiro atoms. The topological polar surface area (TPSA) is 52.0 Å². The van der Waals surface area contributed by atoms with Crippen molar-refractivity contribution in [1.29, 1.82) is 0 Å². The van der Waals surface area contributed by atoms with E-state index < -0.39 is 0 Å². The van der Waals surface area contributed by atoms with E-state index in [0.717, 1.165) is 3.57 Å². The number of fused-ring (bicyclic) bond motifs is 4. The molecule has 4 rings (SSSR count). The minimum Gasteiger partial charge on any atom is -0.285 e. The summed E-state index contributed by atoms with van der Waals surface area (Å²) in [6.45, 7) is 0. The predicted octanol–water partition coefficient (Wildman–Crippen LogP) is 3.84. The second kappa shape index (κ2) is 4.78. The molecule has 0 N–H and O–H groups in total. The van der Waals surface area contributed by atoms with Crippen LogP contribution in [0.25, 0.3) is 16.6 Å². The standard InChI is InChI=1S/C15H5Cl2IN2O2/c16-8-2-3-9(17)12-11(8)15(22)20-10-4-1-6(18)5-7(10)13(21)14(20)19-12/h1-5H. The van der Waals surface area contributed by atoms with Gasteiger partial charge in [0.05, 0.1) is 32.2 Å². The third-order valence-corrected chi connectivity index (χ3v) is 4.86. The van der Waals surface area contributed by atoms with Crippen molar-refractivity contribution in [2.45, 2.75) is 0 Å². The predicted molar refractivity (Wildman–Crippen MR) is 93.5 cm³/mol. The van der Waals surface area contributed by atoms with E-state index in [1.807, 2.05) is 6.07 Å². The number of carbonyl (C=O) groups is 1. The van der Waals surface area contributed by atoms with E-state index in [-0.39, 0.29) is 33.1 Å². The molecule has 1 aliphatic heterocycles. The molecule has 1 aromatic heterocycles. The summed E-state index contributed by atoms with van der Waals surface area (Å²) in [5, 5.41) is 0.772. The smallest absolute Gasteiger partial charge is 0.267 e. The summed E-state index contributed by atoms with van der Waals surface area (Å²) in [4.78, 5) is 29.6. The summed E-state index contributed by atoms with van der Waals surface area (Å²) < 4.78 is 2.21. The lowest BCUT2D eigenvalue weighted by Gasteiger charge is -2.07. The number of hydrogen-bond acceptors (Lipinski definition) is 3. The van der Waals surface area contributed by atoms with Gasteiger partial charge < -0.3 is 0 Å². The molecule has 1 aliphatic rings. The van der Waals surface area contributed by atoms with Crippen LogP contribution in [0.4, 0.5) is 0 Å². The number of halogens is 3. The van der Waals surface area contributed by atoms with Gasteiger partial charge in [0.1, 0.15) is 0 Å². The van der Waals surface area contributed by atoms with Gasteiger partial charge in [0.2, 0.25) is 5.78 Å². The second-order valence-electron chi connectivity index (χ2n) is 4.82. The molecular formula is C15H5Cl2IN2O2. The van der Waals surface area contributed by atoms with Crippen molar-refractivity contribution in [2.24, 2.45) is 0 Å². The fourth-order valence-electron chi connectivity index (χ4n) is 2.60. The molecule has 0 atom stereocenters. The van der Waals surface area contributed by atoms with Crippen LogP contribution in [0.2, 0.25) is 10.0 Å². The fourth-order valence-corrected chi connectivity index (χ4v) is 3.52. The van der Waals surface area contributed by atoms with Crippen LogP contribution in [-0.4, -0.2) is 15.3 Å².